The van der Waals surface area contributed by atoms with Gasteiger partial charge in [-0.15, -0.1) is 0 Å². The van der Waals surface area contributed by atoms with Gasteiger partial charge < -0.3 is 14.8 Å². The topological polar surface area (TPSA) is 30.5 Å². The molecule has 2 aromatic rings. The van der Waals surface area contributed by atoms with Crippen molar-refractivity contribution in [3.8, 4) is 11.5 Å². The van der Waals surface area contributed by atoms with Crippen LogP contribution in [0.25, 0.3) is 0 Å². The van der Waals surface area contributed by atoms with Crippen LogP contribution in [0.1, 0.15) is 32.3 Å². The largest absolute Gasteiger partial charge is 0.494 e. The molecule has 1 N–H and O–H groups in total. The highest BCUT2D eigenvalue weighted by Gasteiger charge is 2.06. The minimum absolute atomic E-state index is 0.0941. The summed E-state index contributed by atoms with van der Waals surface area (Å²) in [7, 11) is 0. The van der Waals surface area contributed by atoms with Gasteiger partial charge in [-0.2, -0.15) is 0 Å². The molecule has 3 heteroatoms. The molecule has 0 saturated heterocycles. The lowest BCUT2D eigenvalue weighted by molar-refractivity contribution is 0.233. The second kappa shape index (κ2) is 9.09. The standard InChI is InChI=1S/C20H27NO2/c1-4-5-14-22-19-12-10-18(11-13-19)21-15-17(3)23-20-9-7-6-8-16(20)2/h6-13,17,21H,4-5,14-15H2,1-3H3. The Bertz CT molecular complexity index is 580. The van der Waals surface area contributed by atoms with E-state index >= 15 is 0 Å². The van der Waals surface area contributed by atoms with Gasteiger partial charge in [-0.05, 0) is 56.2 Å². The van der Waals surface area contributed by atoms with E-state index in [1.807, 2.05) is 42.5 Å². The lowest BCUT2D eigenvalue weighted by Crippen LogP contribution is -2.22. The van der Waals surface area contributed by atoms with Gasteiger partial charge in [0.25, 0.3) is 0 Å². The number of hydrogen-bond donors (Lipinski definition) is 1. The molecule has 0 heterocycles. The first-order valence-corrected chi connectivity index (χ1v) is 8.38. The Balaban J connectivity index is 1.77. The minimum atomic E-state index is 0.0941. The van der Waals surface area contributed by atoms with Gasteiger partial charge >= 0.3 is 0 Å². The molecule has 0 aliphatic carbocycles. The van der Waals surface area contributed by atoms with Crippen molar-refractivity contribution in [2.24, 2.45) is 0 Å². The second-order valence-electron chi connectivity index (χ2n) is 5.80. The highest BCUT2D eigenvalue weighted by atomic mass is 16.5. The van der Waals surface area contributed by atoms with E-state index in [4.69, 9.17) is 9.47 Å². The van der Waals surface area contributed by atoms with E-state index < -0.39 is 0 Å². The molecule has 0 spiro atoms. The SMILES string of the molecule is CCCCOc1ccc(NCC(C)Oc2ccccc2C)cc1. The second-order valence-corrected chi connectivity index (χ2v) is 5.80. The van der Waals surface area contributed by atoms with Crippen LogP contribution in [0.3, 0.4) is 0 Å². The first-order chi connectivity index (χ1) is 11.2. The Morgan fingerprint density at radius 2 is 1.78 bits per heavy atom. The molecule has 1 atom stereocenters. The lowest BCUT2D eigenvalue weighted by atomic mass is 10.2. The van der Waals surface area contributed by atoms with E-state index in [-0.39, 0.29) is 6.10 Å². The fourth-order valence-corrected chi connectivity index (χ4v) is 2.21. The van der Waals surface area contributed by atoms with Crippen molar-refractivity contribution >= 4 is 5.69 Å². The van der Waals surface area contributed by atoms with Crippen molar-refractivity contribution in [1.82, 2.24) is 0 Å². The molecule has 0 radical (unpaired) electrons. The summed E-state index contributed by atoms with van der Waals surface area (Å²) < 4.78 is 11.6. The monoisotopic (exact) mass is 313 g/mol. The summed E-state index contributed by atoms with van der Waals surface area (Å²) in [6, 6.07) is 16.2. The van der Waals surface area contributed by atoms with Gasteiger partial charge in [0.2, 0.25) is 0 Å². The molecule has 2 rings (SSSR count). The van der Waals surface area contributed by atoms with Gasteiger partial charge in [-0.1, -0.05) is 31.5 Å². The average Bonchev–Trinajstić information content (AvgIpc) is 2.56. The van der Waals surface area contributed by atoms with Crippen LogP contribution < -0.4 is 14.8 Å². The molecule has 0 bridgehead atoms. The van der Waals surface area contributed by atoms with E-state index in [0.29, 0.717) is 0 Å². The first kappa shape index (κ1) is 17.2. The van der Waals surface area contributed by atoms with E-state index in [2.05, 4.69) is 32.2 Å². The number of aryl methyl sites for hydroxylation is 1. The molecule has 0 aliphatic heterocycles. The summed E-state index contributed by atoms with van der Waals surface area (Å²) in [6.45, 7) is 7.83. The summed E-state index contributed by atoms with van der Waals surface area (Å²) >= 11 is 0. The predicted molar refractivity (Wildman–Crippen MR) is 96.6 cm³/mol. The molecule has 0 amide bonds. The molecule has 3 nitrogen and oxygen atoms in total. The fraction of sp³-hybridized carbons (Fsp3) is 0.400. The molecule has 0 aromatic heterocycles. The van der Waals surface area contributed by atoms with Gasteiger partial charge in [0.1, 0.15) is 17.6 Å². The third kappa shape index (κ3) is 5.85. The number of hydrogen-bond acceptors (Lipinski definition) is 3. The van der Waals surface area contributed by atoms with E-state index in [9.17, 15) is 0 Å². The fourth-order valence-electron chi connectivity index (χ4n) is 2.21. The van der Waals surface area contributed by atoms with Crippen molar-refractivity contribution in [3.05, 3.63) is 54.1 Å². The van der Waals surface area contributed by atoms with Crippen molar-refractivity contribution in [3.63, 3.8) is 0 Å². The third-order valence-corrected chi connectivity index (χ3v) is 3.64. The Labute approximate surface area is 139 Å². The number of unbranched alkanes of at least 4 members (excludes halogenated alkanes) is 1. The van der Waals surface area contributed by atoms with Crippen LogP contribution in [0.15, 0.2) is 48.5 Å². The summed E-state index contributed by atoms with van der Waals surface area (Å²) in [5.74, 6) is 1.87. The van der Waals surface area contributed by atoms with Gasteiger partial charge in [0.05, 0.1) is 13.2 Å². The zero-order valence-corrected chi connectivity index (χ0v) is 14.3. The Kier molecular flexibility index (Phi) is 6.79. The minimum Gasteiger partial charge on any atom is -0.494 e. The maximum Gasteiger partial charge on any atom is 0.122 e. The van der Waals surface area contributed by atoms with Crippen molar-refractivity contribution < 1.29 is 9.47 Å². The maximum atomic E-state index is 5.97. The van der Waals surface area contributed by atoms with E-state index in [0.717, 1.165) is 48.7 Å². The smallest absolute Gasteiger partial charge is 0.122 e. The zero-order chi connectivity index (χ0) is 16.5. The highest BCUT2D eigenvalue weighted by Crippen LogP contribution is 2.19. The molecule has 2 aromatic carbocycles. The van der Waals surface area contributed by atoms with Gasteiger partial charge in [0.15, 0.2) is 0 Å². The third-order valence-electron chi connectivity index (χ3n) is 3.64. The number of benzene rings is 2. The molecule has 124 valence electrons. The molecule has 1 unspecified atom stereocenters. The summed E-state index contributed by atoms with van der Waals surface area (Å²) in [5.41, 5.74) is 2.24. The van der Waals surface area contributed by atoms with Gasteiger partial charge in [0, 0.05) is 5.69 Å². The van der Waals surface area contributed by atoms with Gasteiger partial charge in [-0.3, -0.25) is 0 Å². The van der Waals surface area contributed by atoms with Crippen LogP contribution in [0.5, 0.6) is 11.5 Å². The summed E-state index contributed by atoms with van der Waals surface area (Å²) in [5, 5.41) is 3.40. The Morgan fingerprint density at radius 1 is 1.04 bits per heavy atom. The van der Waals surface area contributed by atoms with E-state index in [1.165, 1.54) is 0 Å². The van der Waals surface area contributed by atoms with Crippen LogP contribution in [0.2, 0.25) is 0 Å². The first-order valence-electron chi connectivity index (χ1n) is 8.38. The van der Waals surface area contributed by atoms with Crippen LogP contribution in [-0.2, 0) is 0 Å². The molecule has 0 aliphatic rings. The summed E-state index contributed by atoms with van der Waals surface area (Å²) in [4.78, 5) is 0. The molecule has 0 saturated carbocycles. The normalized spacial score (nSPS) is 11.8. The maximum absolute atomic E-state index is 5.97. The molecule has 0 fully saturated rings. The number of ether oxygens (including phenoxy) is 2. The van der Waals surface area contributed by atoms with Crippen molar-refractivity contribution in [2.45, 2.75) is 39.7 Å². The van der Waals surface area contributed by atoms with E-state index in [1.54, 1.807) is 0 Å². The number of nitrogens with one attached hydrogen (secondary N) is 1. The van der Waals surface area contributed by atoms with Crippen LogP contribution in [0.4, 0.5) is 5.69 Å². The average molecular weight is 313 g/mol. The molecular formula is C20H27NO2. The molecule has 23 heavy (non-hydrogen) atoms. The Morgan fingerprint density at radius 3 is 2.48 bits per heavy atom. The number of anilines is 1. The summed E-state index contributed by atoms with van der Waals surface area (Å²) in [6.07, 6.45) is 2.34. The highest BCUT2D eigenvalue weighted by molar-refractivity contribution is 5.46. The van der Waals surface area contributed by atoms with Crippen molar-refractivity contribution in [2.75, 3.05) is 18.5 Å². The predicted octanol–water partition coefficient (Wildman–Crippen LogP) is 5.05. The van der Waals surface area contributed by atoms with Gasteiger partial charge in [-0.25, -0.2) is 0 Å². The quantitative estimate of drug-likeness (QED) is 0.657. The Hall–Kier alpha value is -2.16. The van der Waals surface area contributed by atoms with Crippen LogP contribution >= 0.6 is 0 Å². The van der Waals surface area contributed by atoms with Crippen LogP contribution in [0, 0.1) is 6.92 Å². The lowest BCUT2D eigenvalue weighted by Gasteiger charge is -2.17. The number of para-hydroxylation sites is 1. The zero-order valence-electron chi connectivity index (χ0n) is 14.3. The van der Waals surface area contributed by atoms with Crippen LogP contribution in [-0.4, -0.2) is 19.3 Å². The van der Waals surface area contributed by atoms with Crippen molar-refractivity contribution in [1.29, 1.82) is 0 Å². The molecular weight excluding hydrogens is 286 g/mol. The number of rotatable bonds is 9.